The van der Waals surface area contributed by atoms with Gasteiger partial charge in [0.15, 0.2) is 5.96 Å². The lowest BCUT2D eigenvalue weighted by molar-refractivity contribution is 0.391. The highest BCUT2D eigenvalue weighted by Crippen LogP contribution is 2.15. The zero-order valence-corrected chi connectivity index (χ0v) is 12.3. The number of aromatic nitrogens is 1. The maximum Gasteiger partial charge on any atom is 0.218 e. The Morgan fingerprint density at radius 1 is 1.24 bits per heavy atom. The standard InChI is InChI=1S/C16H20N4O/c1-12-8-9-14(15(20-12)21-2)11-19-16(17)18-10-13-6-4-3-5-7-13/h3-9H,10-11H2,1-2H3,(H3,17,18,19). The summed E-state index contributed by atoms with van der Waals surface area (Å²) < 4.78 is 5.26. The fourth-order valence-corrected chi connectivity index (χ4v) is 1.87. The van der Waals surface area contributed by atoms with Crippen LogP contribution in [0.2, 0.25) is 0 Å². The summed E-state index contributed by atoms with van der Waals surface area (Å²) >= 11 is 0. The summed E-state index contributed by atoms with van der Waals surface area (Å²) in [6.07, 6.45) is 0. The van der Waals surface area contributed by atoms with Crippen LogP contribution in [0.15, 0.2) is 47.5 Å². The quantitative estimate of drug-likeness (QED) is 0.650. The number of rotatable bonds is 5. The van der Waals surface area contributed by atoms with Crippen LogP contribution < -0.4 is 15.8 Å². The number of aryl methyl sites for hydroxylation is 1. The van der Waals surface area contributed by atoms with Crippen LogP contribution in [-0.2, 0) is 13.1 Å². The number of pyridine rings is 1. The van der Waals surface area contributed by atoms with Gasteiger partial charge in [-0.1, -0.05) is 36.4 Å². The van der Waals surface area contributed by atoms with Crippen LogP contribution in [0.1, 0.15) is 16.8 Å². The lowest BCUT2D eigenvalue weighted by Gasteiger charge is -2.10. The lowest BCUT2D eigenvalue weighted by Crippen LogP contribution is -2.31. The molecule has 110 valence electrons. The van der Waals surface area contributed by atoms with E-state index in [-0.39, 0.29) is 0 Å². The van der Waals surface area contributed by atoms with E-state index in [4.69, 9.17) is 10.5 Å². The van der Waals surface area contributed by atoms with Crippen molar-refractivity contribution < 1.29 is 4.74 Å². The fraction of sp³-hybridized carbons (Fsp3) is 0.250. The van der Waals surface area contributed by atoms with Gasteiger partial charge in [0, 0.05) is 17.8 Å². The summed E-state index contributed by atoms with van der Waals surface area (Å²) in [5.41, 5.74) is 8.85. The third-order valence-corrected chi connectivity index (χ3v) is 3.01. The molecule has 1 aromatic heterocycles. The smallest absolute Gasteiger partial charge is 0.218 e. The number of hydrogen-bond acceptors (Lipinski definition) is 3. The number of benzene rings is 1. The van der Waals surface area contributed by atoms with Gasteiger partial charge in [-0.15, -0.1) is 0 Å². The van der Waals surface area contributed by atoms with Gasteiger partial charge in [0.2, 0.25) is 5.88 Å². The van der Waals surface area contributed by atoms with Crippen LogP contribution in [0.4, 0.5) is 0 Å². The van der Waals surface area contributed by atoms with Gasteiger partial charge in [-0.05, 0) is 18.6 Å². The van der Waals surface area contributed by atoms with Gasteiger partial charge in [0.05, 0.1) is 13.7 Å². The molecule has 0 saturated carbocycles. The van der Waals surface area contributed by atoms with Gasteiger partial charge in [0.25, 0.3) is 0 Å². The first-order chi connectivity index (χ1) is 10.2. The number of aliphatic imine (C=N–C) groups is 1. The molecule has 5 heteroatoms. The second kappa shape index (κ2) is 7.28. The normalized spacial score (nSPS) is 11.2. The second-order valence-corrected chi connectivity index (χ2v) is 4.66. The molecular formula is C16H20N4O. The summed E-state index contributed by atoms with van der Waals surface area (Å²) in [5, 5.41) is 3.07. The van der Waals surface area contributed by atoms with Gasteiger partial charge in [-0.3, -0.25) is 0 Å². The summed E-state index contributed by atoms with van der Waals surface area (Å²) in [6, 6.07) is 13.9. The molecule has 0 amide bonds. The molecular weight excluding hydrogens is 264 g/mol. The number of guanidine groups is 1. The number of nitrogens with two attached hydrogens (primary N) is 1. The average Bonchev–Trinajstić information content (AvgIpc) is 2.52. The zero-order valence-electron chi connectivity index (χ0n) is 12.3. The zero-order chi connectivity index (χ0) is 15.1. The van der Waals surface area contributed by atoms with E-state index in [0.717, 1.165) is 16.8 Å². The van der Waals surface area contributed by atoms with Crippen molar-refractivity contribution in [1.82, 2.24) is 10.3 Å². The Morgan fingerprint density at radius 3 is 2.71 bits per heavy atom. The Kier molecular flexibility index (Phi) is 5.15. The third kappa shape index (κ3) is 4.49. The minimum absolute atomic E-state index is 0.404. The summed E-state index contributed by atoms with van der Waals surface area (Å²) in [6.45, 7) is 3.01. The molecule has 0 fully saturated rings. The van der Waals surface area contributed by atoms with Gasteiger partial charge in [-0.2, -0.15) is 0 Å². The molecule has 0 bridgehead atoms. The van der Waals surface area contributed by atoms with Crippen molar-refractivity contribution in [3.05, 3.63) is 59.3 Å². The first-order valence-electron chi connectivity index (χ1n) is 6.77. The number of nitrogens with one attached hydrogen (secondary N) is 1. The van der Waals surface area contributed by atoms with Gasteiger partial charge < -0.3 is 15.8 Å². The van der Waals surface area contributed by atoms with E-state index in [2.05, 4.69) is 15.3 Å². The van der Waals surface area contributed by atoms with Crippen LogP contribution in [0.25, 0.3) is 0 Å². The molecule has 2 rings (SSSR count). The van der Waals surface area contributed by atoms with Crippen molar-refractivity contribution in [2.45, 2.75) is 20.0 Å². The van der Waals surface area contributed by atoms with Crippen molar-refractivity contribution in [3.63, 3.8) is 0 Å². The molecule has 21 heavy (non-hydrogen) atoms. The van der Waals surface area contributed by atoms with E-state index in [9.17, 15) is 0 Å². The Balaban J connectivity index is 1.93. The largest absolute Gasteiger partial charge is 0.481 e. The lowest BCUT2D eigenvalue weighted by atomic mass is 10.2. The van der Waals surface area contributed by atoms with Crippen LogP contribution in [0.5, 0.6) is 5.88 Å². The molecule has 3 N–H and O–H groups in total. The Labute approximate surface area is 124 Å². The van der Waals surface area contributed by atoms with E-state index in [1.807, 2.05) is 49.4 Å². The maximum absolute atomic E-state index is 5.87. The molecule has 0 aliphatic carbocycles. The Bertz CT molecular complexity index is 611. The molecule has 0 atom stereocenters. The number of methoxy groups -OCH3 is 1. The van der Waals surface area contributed by atoms with Crippen LogP contribution in [-0.4, -0.2) is 18.1 Å². The molecule has 0 spiro atoms. The predicted molar refractivity (Wildman–Crippen MR) is 84.1 cm³/mol. The molecule has 1 aromatic carbocycles. The highest BCUT2D eigenvalue weighted by Gasteiger charge is 2.04. The van der Waals surface area contributed by atoms with E-state index in [0.29, 0.717) is 24.9 Å². The highest BCUT2D eigenvalue weighted by molar-refractivity contribution is 5.77. The fourth-order valence-electron chi connectivity index (χ4n) is 1.87. The van der Waals surface area contributed by atoms with Crippen molar-refractivity contribution in [2.75, 3.05) is 7.11 Å². The van der Waals surface area contributed by atoms with Crippen LogP contribution in [0.3, 0.4) is 0 Å². The predicted octanol–water partition coefficient (Wildman–Crippen LogP) is 2.00. The molecule has 2 aromatic rings. The van der Waals surface area contributed by atoms with Crippen molar-refractivity contribution in [3.8, 4) is 5.88 Å². The SMILES string of the molecule is COc1nc(C)ccc1CNC(N)=NCc1ccccc1. The first-order valence-corrected chi connectivity index (χ1v) is 6.77. The van der Waals surface area contributed by atoms with Gasteiger partial charge in [-0.25, -0.2) is 9.98 Å². The van der Waals surface area contributed by atoms with E-state index >= 15 is 0 Å². The van der Waals surface area contributed by atoms with Crippen LogP contribution >= 0.6 is 0 Å². The van der Waals surface area contributed by atoms with Crippen LogP contribution in [0, 0.1) is 6.92 Å². The Hall–Kier alpha value is -2.56. The third-order valence-electron chi connectivity index (χ3n) is 3.01. The molecule has 1 heterocycles. The molecule has 0 aliphatic rings. The van der Waals surface area contributed by atoms with E-state index < -0.39 is 0 Å². The maximum atomic E-state index is 5.87. The number of ether oxygens (including phenoxy) is 1. The topological polar surface area (TPSA) is 72.5 Å². The molecule has 0 saturated heterocycles. The van der Waals surface area contributed by atoms with E-state index in [1.54, 1.807) is 7.11 Å². The Morgan fingerprint density at radius 2 is 2.00 bits per heavy atom. The number of hydrogen-bond donors (Lipinski definition) is 2. The molecule has 0 aliphatic heterocycles. The highest BCUT2D eigenvalue weighted by atomic mass is 16.5. The summed E-state index contributed by atoms with van der Waals surface area (Å²) in [4.78, 5) is 8.62. The monoisotopic (exact) mass is 284 g/mol. The second-order valence-electron chi connectivity index (χ2n) is 4.66. The van der Waals surface area contributed by atoms with Crippen molar-refractivity contribution >= 4 is 5.96 Å². The minimum Gasteiger partial charge on any atom is -0.481 e. The molecule has 5 nitrogen and oxygen atoms in total. The van der Waals surface area contributed by atoms with E-state index in [1.165, 1.54) is 0 Å². The average molecular weight is 284 g/mol. The first kappa shape index (κ1) is 14.8. The summed E-state index contributed by atoms with van der Waals surface area (Å²) in [5.74, 6) is 1.01. The summed E-state index contributed by atoms with van der Waals surface area (Å²) in [7, 11) is 1.61. The van der Waals surface area contributed by atoms with Crippen molar-refractivity contribution in [2.24, 2.45) is 10.7 Å². The van der Waals surface area contributed by atoms with Crippen molar-refractivity contribution in [1.29, 1.82) is 0 Å². The molecule has 0 radical (unpaired) electrons. The molecule has 0 unspecified atom stereocenters. The van der Waals surface area contributed by atoms with Gasteiger partial charge in [0.1, 0.15) is 0 Å². The number of nitrogens with zero attached hydrogens (tertiary/aromatic N) is 2. The minimum atomic E-state index is 0.404. The van der Waals surface area contributed by atoms with Gasteiger partial charge >= 0.3 is 0 Å².